The molecule has 1 aromatic rings. The van der Waals surface area contributed by atoms with Crippen molar-refractivity contribution in [3.63, 3.8) is 0 Å². The lowest BCUT2D eigenvalue weighted by Gasteiger charge is -2.04. The zero-order chi connectivity index (χ0) is 8.97. The van der Waals surface area contributed by atoms with Crippen molar-refractivity contribution in [3.05, 3.63) is 30.1 Å². The Morgan fingerprint density at radius 2 is 2.50 bits per heavy atom. The number of aromatic nitrogens is 2. The number of hydrogen-bond donors (Lipinski definition) is 1. The van der Waals surface area contributed by atoms with Gasteiger partial charge in [-0.1, -0.05) is 5.57 Å². The average Bonchev–Trinajstić information content (AvgIpc) is 2.47. The van der Waals surface area contributed by atoms with Gasteiger partial charge in [0.05, 0.1) is 5.69 Å². The second-order valence-electron chi connectivity index (χ2n) is 2.96. The summed E-state index contributed by atoms with van der Waals surface area (Å²) in [5, 5.41) is 4.15. The molecule has 2 N–H and O–H groups in total. The van der Waals surface area contributed by atoms with Gasteiger partial charge in [0.25, 0.3) is 0 Å². The predicted molar refractivity (Wildman–Crippen MR) is 49.5 cm³/mol. The Bertz CT molecular complexity index is 262. The highest BCUT2D eigenvalue weighted by molar-refractivity contribution is 5.00. The molecule has 0 fully saturated rings. The van der Waals surface area contributed by atoms with Crippen molar-refractivity contribution in [2.45, 2.75) is 26.4 Å². The Labute approximate surface area is 72.9 Å². The van der Waals surface area contributed by atoms with Crippen LogP contribution in [0.4, 0.5) is 0 Å². The predicted octanol–water partition coefficient (Wildman–Crippen LogP) is 1.31. The average molecular weight is 165 g/mol. The summed E-state index contributed by atoms with van der Waals surface area (Å²) in [7, 11) is 0. The maximum atomic E-state index is 5.52. The molecule has 0 amide bonds. The summed E-state index contributed by atoms with van der Waals surface area (Å²) < 4.78 is 1.93. The van der Waals surface area contributed by atoms with E-state index in [9.17, 15) is 0 Å². The highest BCUT2D eigenvalue weighted by Gasteiger charge is 1.98. The maximum absolute atomic E-state index is 5.52. The van der Waals surface area contributed by atoms with Gasteiger partial charge >= 0.3 is 0 Å². The first-order valence-electron chi connectivity index (χ1n) is 4.09. The first kappa shape index (κ1) is 9.00. The van der Waals surface area contributed by atoms with Gasteiger partial charge in [0, 0.05) is 19.3 Å². The lowest BCUT2D eigenvalue weighted by molar-refractivity contribution is 0.584. The van der Waals surface area contributed by atoms with Crippen LogP contribution in [0.15, 0.2) is 24.4 Å². The number of aryl methyl sites for hydroxylation is 1. The molecular weight excluding hydrogens is 150 g/mol. The first-order chi connectivity index (χ1) is 5.74. The van der Waals surface area contributed by atoms with Crippen molar-refractivity contribution in [1.29, 1.82) is 0 Å². The van der Waals surface area contributed by atoms with Crippen LogP contribution in [0.2, 0.25) is 0 Å². The third-order valence-corrected chi connectivity index (χ3v) is 1.76. The van der Waals surface area contributed by atoms with E-state index in [1.54, 1.807) is 6.20 Å². The smallest absolute Gasteiger partial charge is 0.0520 e. The van der Waals surface area contributed by atoms with E-state index in [2.05, 4.69) is 11.7 Å². The summed E-state index contributed by atoms with van der Waals surface area (Å²) >= 11 is 0. The van der Waals surface area contributed by atoms with Crippen molar-refractivity contribution in [3.8, 4) is 0 Å². The van der Waals surface area contributed by atoms with Gasteiger partial charge in [-0.05, 0) is 19.4 Å². The summed E-state index contributed by atoms with van der Waals surface area (Å²) in [6.45, 7) is 7.29. The van der Waals surface area contributed by atoms with Crippen LogP contribution < -0.4 is 5.73 Å². The van der Waals surface area contributed by atoms with E-state index in [-0.39, 0.29) is 0 Å². The summed E-state index contributed by atoms with van der Waals surface area (Å²) in [6.07, 6.45) is 2.75. The van der Waals surface area contributed by atoms with E-state index in [0.717, 1.165) is 18.7 Å². The number of nitrogens with zero attached hydrogens (tertiary/aromatic N) is 2. The number of allylic oxidation sites excluding steroid dienone is 1. The van der Waals surface area contributed by atoms with Crippen LogP contribution in [-0.4, -0.2) is 9.78 Å². The molecule has 0 aliphatic rings. The quantitative estimate of drug-likeness (QED) is 0.683. The number of rotatable bonds is 4. The van der Waals surface area contributed by atoms with Crippen molar-refractivity contribution < 1.29 is 0 Å². The van der Waals surface area contributed by atoms with Gasteiger partial charge in [-0.3, -0.25) is 4.68 Å². The minimum absolute atomic E-state index is 0.552. The van der Waals surface area contributed by atoms with Gasteiger partial charge in [-0.2, -0.15) is 5.10 Å². The maximum Gasteiger partial charge on any atom is 0.0520 e. The normalized spacial score (nSPS) is 10.2. The minimum atomic E-state index is 0.552. The SMILES string of the molecule is C=C(C)CCn1nccc1CN. The molecule has 0 atom stereocenters. The Balaban J connectivity index is 2.56. The Hall–Kier alpha value is -1.09. The monoisotopic (exact) mass is 165 g/mol. The molecule has 0 aliphatic heterocycles. The molecule has 0 saturated heterocycles. The summed E-state index contributed by atoms with van der Waals surface area (Å²) in [5.74, 6) is 0. The fourth-order valence-electron chi connectivity index (χ4n) is 1.03. The third kappa shape index (κ3) is 2.20. The second kappa shape index (κ2) is 4.07. The van der Waals surface area contributed by atoms with Gasteiger partial charge in [-0.15, -0.1) is 6.58 Å². The summed E-state index contributed by atoms with van der Waals surface area (Å²) in [4.78, 5) is 0. The van der Waals surface area contributed by atoms with Crippen LogP contribution in [0.25, 0.3) is 0 Å². The van der Waals surface area contributed by atoms with E-state index in [0.29, 0.717) is 6.54 Å². The molecular formula is C9H15N3. The number of hydrogen-bond acceptors (Lipinski definition) is 2. The molecule has 12 heavy (non-hydrogen) atoms. The fraction of sp³-hybridized carbons (Fsp3) is 0.444. The minimum Gasteiger partial charge on any atom is -0.325 e. The van der Waals surface area contributed by atoms with Crippen molar-refractivity contribution >= 4 is 0 Å². The Kier molecular flexibility index (Phi) is 3.05. The van der Waals surface area contributed by atoms with Crippen LogP contribution in [0.3, 0.4) is 0 Å². The van der Waals surface area contributed by atoms with Crippen LogP contribution in [0, 0.1) is 0 Å². The molecule has 1 rings (SSSR count). The molecule has 0 radical (unpaired) electrons. The zero-order valence-corrected chi connectivity index (χ0v) is 7.45. The van der Waals surface area contributed by atoms with Gasteiger partial charge in [0.1, 0.15) is 0 Å². The molecule has 3 heteroatoms. The van der Waals surface area contributed by atoms with E-state index >= 15 is 0 Å². The largest absolute Gasteiger partial charge is 0.325 e. The van der Waals surface area contributed by atoms with Crippen molar-refractivity contribution in [1.82, 2.24) is 9.78 Å². The van der Waals surface area contributed by atoms with Gasteiger partial charge < -0.3 is 5.73 Å². The Morgan fingerprint density at radius 1 is 1.75 bits per heavy atom. The number of nitrogens with two attached hydrogens (primary N) is 1. The summed E-state index contributed by atoms with van der Waals surface area (Å²) in [5.41, 5.74) is 7.77. The van der Waals surface area contributed by atoms with Crippen LogP contribution >= 0.6 is 0 Å². The van der Waals surface area contributed by atoms with E-state index in [1.807, 2.05) is 17.7 Å². The molecule has 1 heterocycles. The van der Waals surface area contributed by atoms with E-state index < -0.39 is 0 Å². The first-order valence-corrected chi connectivity index (χ1v) is 4.09. The zero-order valence-electron chi connectivity index (χ0n) is 7.45. The second-order valence-corrected chi connectivity index (χ2v) is 2.96. The highest BCUT2D eigenvalue weighted by atomic mass is 15.3. The molecule has 0 aliphatic carbocycles. The topological polar surface area (TPSA) is 43.8 Å². The van der Waals surface area contributed by atoms with Crippen LogP contribution in [-0.2, 0) is 13.1 Å². The molecule has 3 nitrogen and oxygen atoms in total. The molecule has 0 saturated carbocycles. The molecule has 0 aromatic carbocycles. The van der Waals surface area contributed by atoms with E-state index in [1.165, 1.54) is 5.57 Å². The molecule has 1 aromatic heterocycles. The lowest BCUT2D eigenvalue weighted by Crippen LogP contribution is -2.08. The van der Waals surface area contributed by atoms with Gasteiger partial charge in [0.15, 0.2) is 0 Å². The van der Waals surface area contributed by atoms with Gasteiger partial charge in [0.2, 0.25) is 0 Å². The van der Waals surface area contributed by atoms with Crippen LogP contribution in [0.1, 0.15) is 19.0 Å². The molecule has 0 bridgehead atoms. The molecule has 0 unspecified atom stereocenters. The molecule has 0 spiro atoms. The lowest BCUT2D eigenvalue weighted by atomic mass is 10.2. The van der Waals surface area contributed by atoms with Crippen molar-refractivity contribution in [2.75, 3.05) is 0 Å². The van der Waals surface area contributed by atoms with E-state index in [4.69, 9.17) is 5.73 Å². The third-order valence-electron chi connectivity index (χ3n) is 1.76. The van der Waals surface area contributed by atoms with Gasteiger partial charge in [-0.25, -0.2) is 0 Å². The summed E-state index contributed by atoms with van der Waals surface area (Å²) in [6, 6.07) is 1.94. The molecule has 66 valence electrons. The van der Waals surface area contributed by atoms with Crippen LogP contribution in [0.5, 0.6) is 0 Å². The highest BCUT2D eigenvalue weighted by Crippen LogP contribution is 2.02. The Morgan fingerprint density at radius 3 is 3.08 bits per heavy atom. The standard InChI is InChI=1S/C9H15N3/c1-8(2)4-6-12-9(7-10)3-5-11-12/h3,5H,1,4,6-7,10H2,2H3. The van der Waals surface area contributed by atoms with Crippen molar-refractivity contribution in [2.24, 2.45) is 5.73 Å². The fourth-order valence-corrected chi connectivity index (χ4v) is 1.03.